The number of aryl methyl sites for hydroxylation is 3. The van der Waals surface area contributed by atoms with Crippen LogP contribution >= 0.6 is 0 Å². The highest BCUT2D eigenvalue weighted by Crippen LogP contribution is 2.31. The van der Waals surface area contributed by atoms with Gasteiger partial charge in [-0.1, -0.05) is 6.92 Å². The Hall–Kier alpha value is -3.46. The van der Waals surface area contributed by atoms with Crippen LogP contribution in [0.1, 0.15) is 41.4 Å². The van der Waals surface area contributed by atoms with Crippen molar-refractivity contribution in [1.82, 2.24) is 29.7 Å². The minimum absolute atomic E-state index is 0.223. The number of amides is 1. The molecule has 1 saturated heterocycles. The van der Waals surface area contributed by atoms with E-state index in [0.717, 1.165) is 60.5 Å². The van der Waals surface area contributed by atoms with Gasteiger partial charge in [-0.2, -0.15) is 5.10 Å². The Morgan fingerprint density at radius 1 is 1.15 bits per heavy atom. The van der Waals surface area contributed by atoms with Gasteiger partial charge in [-0.3, -0.25) is 9.48 Å². The van der Waals surface area contributed by atoms with E-state index in [1.807, 2.05) is 51.5 Å². The fourth-order valence-corrected chi connectivity index (χ4v) is 4.77. The first kappa shape index (κ1) is 21.4. The van der Waals surface area contributed by atoms with Gasteiger partial charge in [0.25, 0.3) is 5.91 Å². The Morgan fingerprint density at radius 2 is 1.94 bits per heavy atom. The molecule has 2 N–H and O–H groups in total. The first-order valence-electron chi connectivity index (χ1n) is 11.5. The summed E-state index contributed by atoms with van der Waals surface area (Å²) in [5.41, 5.74) is 5.01. The molecule has 0 bridgehead atoms. The van der Waals surface area contributed by atoms with Crippen molar-refractivity contribution in [2.75, 3.05) is 29.9 Å². The molecule has 1 aromatic carbocycles. The van der Waals surface area contributed by atoms with Crippen LogP contribution in [-0.2, 0) is 7.05 Å². The first-order valence-corrected chi connectivity index (χ1v) is 11.5. The zero-order valence-corrected chi connectivity index (χ0v) is 19.6. The smallest absolute Gasteiger partial charge is 0.259 e. The summed E-state index contributed by atoms with van der Waals surface area (Å²) in [6, 6.07) is 6.35. The lowest BCUT2D eigenvalue weighted by molar-refractivity contribution is 0.102. The highest BCUT2D eigenvalue weighted by Gasteiger charge is 2.23. The third-order valence-corrected chi connectivity index (χ3v) is 6.31. The quantitative estimate of drug-likeness (QED) is 0.490. The molecule has 5 rings (SSSR count). The average Bonchev–Trinajstić information content (AvgIpc) is 3.35. The van der Waals surface area contributed by atoms with Gasteiger partial charge < -0.3 is 15.5 Å². The number of nitrogens with one attached hydrogen (secondary N) is 2. The molecule has 1 aliphatic heterocycles. The lowest BCUT2D eigenvalue weighted by atomic mass is 10.0. The molecule has 0 unspecified atom stereocenters. The molecule has 0 aliphatic carbocycles. The molecule has 0 radical (unpaired) electrons. The van der Waals surface area contributed by atoms with Crippen LogP contribution < -0.4 is 15.5 Å². The van der Waals surface area contributed by atoms with Crippen LogP contribution in [0.25, 0.3) is 16.6 Å². The number of fused-ring (bicyclic) bond motifs is 2. The highest BCUT2D eigenvalue weighted by molar-refractivity contribution is 6.13. The topological polar surface area (TPSA) is 92.4 Å². The summed E-state index contributed by atoms with van der Waals surface area (Å²) < 4.78 is 3.48. The van der Waals surface area contributed by atoms with E-state index in [0.29, 0.717) is 22.9 Å². The van der Waals surface area contributed by atoms with Crippen LogP contribution in [0, 0.1) is 13.8 Å². The Balaban J connectivity index is 1.43. The zero-order chi connectivity index (χ0) is 23.1. The summed E-state index contributed by atoms with van der Waals surface area (Å²) in [7, 11) is 1.89. The van der Waals surface area contributed by atoms with Crippen LogP contribution in [0.5, 0.6) is 0 Å². The van der Waals surface area contributed by atoms with Crippen molar-refractivity contribution in [2.45, 2.75) is 39.7 Å². The number of hydrogen-bond donors (Lipinski definition) is 2. The molecule has 172 valence electrons. The molecular formula is C24H30N8O. The maximum atomic E-state index is 13.2. The number of piperidine rings is 1. The summed E-state index contributed by atoms with van der Waals surface area (Å²) in [5.74, 6) is 0.264. The number of nitrogens with zero attached hydrogens (tertiary/aromatic N) is 6. The standard InChI is InChI=1S/C24H30N8O/c1-5-25-17-8-10-31(11-9-17)20-7-6-18(22-19(20)14-30(4)29-22)24(33)27-21-12-15(2)23-26-16(3)13-32(23)28-21/h6-7,12-14,17,25H,5,8-11H2,1-4H3,(H,27,28,33). The van der Waals surface area contributed by atoms with E-state index in [2.05, 4.69) is 37.6 Å². The first-order chi connectivity index (χ1) is 15.9. The molecule has 3 aromatic heterocycles. The van der Waals surface area contributed by atoms with E-state index in [1.165, 1.54) is 0 Å². The van der Waals surface area contributed by atoms with Crippen molar-refractivity contribution in [1.29, 1.82) is 0 Å². The largest absolute Gasteiger partial charge is 0.371 e. The van der Waals surface area contributed by atoms with E-state index in [-0.39, 0.29) is 5.91 Å². The number of aromatic nitrogens is 5. The van der Waals surface area contributed by atoms with Crippen molar-refractivity contribution in [3.63, 3.8) is 0 Å². The number of carbonyl (C=O) groups excluding carboxylic acids is 1. The maximum Gasteiger partial charge on any atom is 0.259 e. The molecule has 4 heterocycles. The number of anilines is 2. The predicted octanol–water partition coefficient (Wildman–Crippen LogP) is 3.06. The van der Waals surface area contributed by atoms with Crippen LogP contribution in [0.3, 0.4) is 0 Å². The van der Waals surface area contributed by atoms with Gasteiger partial charge in [0.1, 0.15) is 5.52 Å². The molecule has 9 nitrogen and oxygen atoms in total. The Labute approximate surface area is 192 Å². The SMILES string of the molecule is CCNC1CCN(c2ccc(C(=O)Nc3cc(C)c4nc(C)cn4n3)c3nn(C)cc23)CC1. The fourth-order valence-electron chi connectivity index (χ4n) is 4.77. The van der Waals surface area contributed by atoms with E-state index < -0.39 is 0 Å². The highest BCUT2D eigenvalue weighted by atomic mass is 16.1. The molecule has 9 heteroatoms. The number of benzene rings is 1. The summed E-state index contributed by atoms with van der Waals surface area (Å²) in [6.07, 6.45) is 6.07. The van der Waals surface area contributed by atoms with Crippen molar-refractivity contribution >= 4 is 34.0 Å². The second-order valence-electron chi connectivity index (χ2n) is 8.83. The number of carbonyl (C=O) groups is 1. The molecule has 4 aromatic rings. The van der Waals surface area contributed by atoms with Gasteiger partial charge in [0.2, 0.25) is 0 Å². The van der Waals surface area contributed by atoms with Gasteiger partial charge in [-0.05, 0) is 57.0 Å². The number of hydrogen-bond acceptors (Lipinski definition) is 6. The number of rotatable bonds is 5. The molecule has 1 aliphatic rings. The summed E-state index contributed by atoms with van der Waals surface area (Å²) in [6.45, 7) is 9.02. The molecular weight excluding hydrogens is 416 g/mol. The summed E-state index contributed by atoms with van der Waals surface area (Å²) in [5, 5.41) is 16.6. The molecule has 1 amide bonds. The van der Waals surface area contributed by atoms with E-state index in [9.17, 15) is 4.79 Å². The lowest BCUT2D eigenvalue weighted by Crippen LogP contribution is -2.42. The minimum Gasteiger partial charge on any atom is -0.371 e. The van der Waals surface area contributed by atoms with Crippen molar-refractivity contribution < 1.29 is 4.79 Å². The molecule has 1 fully saturated rings. The van der Waals surface area contributed by atoms with Crippen molar-refractivity contribution in [3.8, 4) is 0 Å². The third-order valence-electron chi connectivity index (χ3n) is 6.31. The van der Waals surface area contributed by atoms with Gasteiger partial charge in [-0.15, -0.1) is 5.10 Å². The van der Waals surface area contributed by atoms with Crippen molar-refractivity contribution in [2.24, 2.45) is 7.05 Å². The van der Waals surface area contributed by atoms with Gasteiger partial charge in [0, 0.05) is 43.4 Å². The lowest BCUT2D eigenvalue weighted by Gasteiger charge is -2.34. The third kappa shape index (κ3) is 4.04. The maximum absolute atomic E-state index is 13.2. The zero-order valence-electron chi connectivity index (χ0n) is 19.6. The Morgan fingerprint density at radius 3 is 2.70 bits per heavy atom. The van der Waals surface area contributed by atoms with Gasteiger partial charge in [0.05, 0.1) is 17.5 Å². The summed E-state index contributed by atoms with van der Waals surface area (Å²) >= 11 is 0. The average molecular weight is 447 g/mol. The van der Waals surface area contributed by atoms with Gasteiger partial charge in [-0.25, -0.2) is 9.50 Å². The number of imidazole rings is 1. The van der Waals surface area contributed by atoms with E-state index in [1.54, 1.807) is 9.20 Å². The Bertz CT molecular complexity index is 1330. The van der Waals surface area contributed by atoms with Crippen LogP contribution in [-0.4, -0.2) is 56.0 Å². The molecule has 33 heavy (non-hydrogen) atoms. The predicted molar refractivity (Wildman–Crippen MR) is 130 cm³/mol. The monoisotopic (exact) mass is 446 g/mol. The fraction of sp³-hybridized carbons (Fsp3) is 0.417. The molecule has 0 saturated carbocycles. The van der Waals surface area contributed by atoms with Gasteiger partial charge >= 0.3 is 0 Å². The molecule has 0 atom stereocenters. The van der Waals surface area contributed by atoms with Crippen LogP contribution in [0.2, 0.25) is 0 Å². The second kappa shape index (κ2) is 8.47. The van der Waals surface area contributed by atoms with Crippen LogP contribution in [0.15, 0.2) is 30.6 Å². The summed E-state index contributed by atoms with van der Waals surface area (Å²) in [4.78, 5) is 20.1. The Kier molecular flexibility index (Phi) is 5.49. The van der Waals surface area contributed by atoms with Crippen LogP contribution in [0.4, 0.5) is 11.5 Å². The van der Waals surface area contributed by atoms with E-state index in [4.69, 9.17) is 0 Å². The minimum atomic E-state index is -0.223. The van der Waals surface area contributed by atoms with E-state index >= 15 is 0 Å². The normalized spacial score (nSPS) is 15.0. The second-order valence-corrected chi connectivity index (χ2v) is 8.83. The molecule has 0 spiro atoms. The van der Waals surface area contributed by atoms with Gasteiger partial charge in [0.15, 0.2) is 11.5 Å². The van der Waals surface area contributed by atoms with Crippen molar-refractivity contribution in [3.05, 3.63) is 47.4 Å².